The highest BCUT2D eigenvalue weighted by Crippen LogP contribution is 2.24. The van der Waals surface area contributed by atoms with Crippen molar-refractivity contribution >= 4 is 34.3 Å². The third-order valence-electron chi connectivity index (χ3n) is 1.93. The van der Waals surface area contributed by atoms with Gasteiger partial charge in [-0.05, 0) is 11.4 Å². The van der Waals surface area contributed by atoms with Gasteiger partial charge in [0, 0.05) is 11.4 Å². The van der Waals surface area contributed by atoms with E-state index in [1.165, 1.54) is 16.2 Å². The fourth-order valence-electron chi connectivity index (χ4n) is 1.20. The standard InChI is InChI=1S/C10H8ClN3S2/c11-9-6-14-10(16-9)8(4-12)13-5-7-2-1-3-15-7/h1-3,6,8,13H,5H2. The topological polar surface area (TPSA) is 48.7 Å². The van der Waals surface area contributed by atoms with Crippen molar-refractivity contribution in [1.29, 1.82) is 5.26 Å². The molecule has 0 saturated carbocycles. The average molecular weight is 270 g/mol. The van der Waals surface area contributed by atoms with Crippen LogP contribution in [0.5, 0.6) is 0 Å². The molecule has 82 valence electrons. The van der Waals surface area contributed by atoms with Gasteiger partial charge in [-0.3, -0.25) is 5.32 Å². The van der Waals surface area contributed by atoms with Crippen molar-refractivity contribution in [2.45, 2.75) is 12.6 Å². The van der Waals surface area contributed by atoms with Crippen molar-refractivity contribution in [1.82, 2.24) is 10.3 Å². The zero-order chi connectivity index (χ0) is 11.4. The quantitative estimate of drug-likeness (QED) is 0.927. The second-order valence-electron chi connectivity index (χ2n) is 3.02. The summed E-state index contributed by atoms with van der Waals surface area (Å²) in [5.41, 5.74) is 0. The van der Waals surface area contributed by atoms with Gasteiger partial charge >= 0.3 is 0 Å². The molecule has 2 aromatic heterocycles. The Labute approximate surface area is 106 Å². The Morgan fingerprint density at radius 2 is 2.50 bits per heavy atom. The number of hydrogen-bond donors (Lipinski definition) is 1. The van der Waals surface area contributed by atoms with E-state index >= 15 is 0 Å². The third kappa shape index (κ3) is 2.80. The molecule has 0 radical (unpaired) electrons. The lowest BCUT2D eigenvalue weighted by Crippen LogP contribution is -2.18. The fraction of sp³-hybridized carbons (Fsp3) is 0.200. The normalized spacial score (nSPS) is 12.2. The maximum absolute atomic E-state index is 9.03. The van der Waals surface area contributed by atoms with Crippen molar-refractivity contribution < 1.29 is 0 Å². The van der Waals surface area contributed by atoms with E-state index in [0.717, 1.165) is 0 Å². The highest BCUT2D eigenvalue weighted by atomic mass is 35.5. The number of thiazole rings is 1. The predicted octanol–water partition coefficient (Wildman–Crippen LogP) is 3.21. The number of nitrogens with zero attached hydrogens (tertiary/aromatic N) is 2. The molecule has 0 saturated heterocycles. The molecule has 2 aromatic rings. The van der Waals surface area contributed by atoms with Crippen LogP contribution in [0.3, 0.4) is 0 Å². The van der Waals surface area contributed by atoms with Gasteiger partial charge in [0.05, 0.1) is 12.3 Å². The van der Waals surface area contributed by atoms with Gasteiger partial charge in [0.2, 0.25) is 0 Å². The van der Waals surface area contributed by atoms with Crippen molar-refractivity contribution in [3.05, 3.63) is 37.9 Å². The Hall–Kier alpha value is -0.930. The van der Waals surface area contributed by atoms with Gasteiger partial charge in [0.25, 0.3) is 0 Å². The molecule has 1 unspecified atom stereocenters. The molecule has 16 heavy (non-hydrogen) atoms. The van der Waals surface area contributed by atoms with Crippen LogP contribution in [0.1, 0.15) is 15.9 Å². The van der Waals surface area contributed by atoms with Crippen LogP contribution in [0.2, 0.25) is 4.34 Å². The van der Waals surface area contributed by atoms with E-state index in [9.17, 15) is 0 Å². The van der Waals surface area contributed by atoms with Crippen molar-refractivity contribution in [2.75, 3.05) is 0 Å². The van der Waals surface area contributed by atoms with Gasteiger partial charge in [-0.2, -0.15) is 5.26 Å². The molecular formula is C10H8ClN3S2. The minimum atomic E-state index is -0.389. The van der Waals surface area contributed by atoms with Gasteiger partial charge < -0.3 is 0 Å². The van der Waals surface area contributed by atoms with Gasteiger partial charge in [0.15, 0.2) is 0 Å². The summed E-state index contributed by atoms with van der Waals surface area (Å²) >= 11 is 8.77. The molecule has 1 N–H and O–H groups in total. The summed E-state index contributed by atoms with van der Waals surface area (Å²) in [6.45, 7) is 0.674. The number of halogens is 1. The maximum atomic E-state index is 9.03. The summed E-state index contributed by atoms with van der Waals surface area (Å²) in [5, 5.41) is 14.9. The first-order valence-electron chi connectivity index (χ1n) is 4.56. The van der Waals surface area contributed by atoms with Crippen LogP contribution >= 0.6 is 34.3 Å². The largest absolute Gasteiger partial charge is 0.291 e. The van der Waals surface area contributed by atoms with E-state index < -0.39 is 0 Å². The number of thiophene rings is 1. The van der Waals surface area contributed by atoms with Crippen LogP contribution in [0, 0.1) is 11.3 Å². The minimum absolute atomic E-state index is 0.389. The second kappa shape index (κ2) is 5.41. The molecule has 0 aliphatic rings. The first-order valence-corrected chi connectivity index (χ1v) is 6.63. The second-order valence-corrected chi connectivity index (χ2v) is 5.75. The molecule has 0 fully saturated rings. The van der Waals surface area contributed by atoms with E-state index in [4.69, 9.17) is 16.9 Å². The fourth-order valence-corrected chi connectivity index (χ4v) is 2.81. The Bertz CT molecular complexity index is 486. The molecule has 0 bridgehead atoms. The monoisotopic (exact) mass is 269 g/mol. The lowest BCUT2D eigenvalue weighted by Gasteiger charge is -2.06. The smallest absolute Gasteiger partial charge is 0.148 e. The molecule has 0 aliphatic heterocycles. The van der Waals surface area contributed by atoms with Crippen LogP contribution < -0.4 is 5.32 Å². The molecular weight excluding hydrogens is 262 g/mol. The highest BCUT2D eigenvalue weighted by Gasteiger charge is 2.13. The number of rotatable bonds is 4. The summed E-state index contributed by atoms with van der Waals surface area (Å²) in [7, 11) is 0. The summed E-state index contributed by atoms with van der Waals surface area (Å²) in [5.74, 6) is 0. The zero-order valence-corrected chi connectivity index (χ0v) is 10.6. The first kappa shape index (κ1) is 11.6. The van der Waals surface area contributed by atoms with E-state index in [1.54, 1.807) is 17.5 Å². The molecule has 1 atom stereocenters. The van der Waals surface area contributed by atoms with E-state index in [1.807, 2.05) is 17.5 Å². The Morgan fingerprint density at radius 3 is 3.06 bits per heavy atom. The number of nitrogens with one attached hydrogen (secondary N) is 1. The van der Waals surface area contributed by atoms with Crippen molar-refractivity contribution in [2.24, 2.45) is 0 Å². The van der Waals surface area contributed by atoms with Crippen LogP contribution in [0.25, 0.3) is 0 Å². The number of nitriles is 1. The van der Waals surface area contributed by atoms with Crippen LogP contribution in [-0.2, 0) is 6.54 Å². The molecule has 6 heteroatoms. The molecule has 3 nitrogen and oxygen atoms in total. The Morgan fingerprint density at radius 1 is 1.62 bits per heavy atom. The molecule has 0 amide bonds. The summed E-state index contributed by atoms with van der Waals surface area (Å²) in [6.07, 6.45) is 1.57. The first-order chi connectivity index (χ1) is 7.79. The van der Waals surface area contributed by atoms with Gasteiger partial charge in [0.1, 0.15) is 15.4 Å². The van der Waals surface area contributed by atoms with Gasteiger partial charge in [-0.15, -0.1) is 22.7 Å². The predicted molar refractivity (Wildman–Crippen MR) is 66.6 cm³/mol. The lowest BCUT2D eigenvalue weighted by molar-refractivity contribution is 0.632. The van der Waals surface area contributed by atoms with Crippen LogP contribution in [0.4, 0.5) is 0 Å². The maximum Gasteiger partial charge on any atom is 0.148 e. The van der Waals surface area contributed by atoms with Crippen LogP contribution in [0.15, 0.2) is 23.7 Å². The molecule has 0 aliphatic carbocycles. The highest BCUT2D eigenvalue weighted by molar-refractivity contribution is 7.15. The van der Waals surface area contributed by atoms with E-state index in [0.29, 0.717) is 15.9 Å². The van der Waals surface area contributed by atoms with Gasteiger partial charge in [-0.25, -0.2) is 4.98 Å². The Balaban J connectivity index is 1.99. The SMILES string of the molecule is N#CC(NCc1cccs1)c1ncc(Cl)s1. The zero-order valence-electron chi connectivity index (χ0n) is 8.18. The number of aromatic nitrogens is 1. The Kier molecular flexibility index (Phi) is 3.91. The molecule has 0 aromatic carbocycles. The van der Waals surface area contributed by atoms with Crippen molar-refractivity contribution in [3.8, 4) is 6.07 Å². The summed E-state index contributed by atoms with van der Waals surface area (Å²) < 4.78 is 0.605. The lowest BCUT2D eigenvalue weighted by atomic mass is 10.3. The summed E-state index contributed by atoms with van der Waals surface area (Å²) in [6, 6.07) is 5.81. The van der Waals surface area contributed by atoms with Crippen molar-refractivity contribution in [3.63, 3.8) is 0 Å². The molecule has 2 rings (SSSR count). The molecule has 2 heterocycles. The van der Waals surface area contributed by atoms with E-state index in [-0.39, 0.29) is 6.04 Å². The van der Waals surface area contributed by atoms with Crippen LogP contribution in [-0.4, -0.2) is 4.98 Å². The summed E-state index contributed by atoms with van der Waals surface area (Å²) in [4.78, 5) is 5.29. The van der Waals surface area contributed by atoms with E-state index in [2.05, 4.69) is 16.4 Å². The van der Waals surface area contributed by atoms with Gasteiger partial charge in [-0.1, -0.05) is 17.7 Å². The third-order valence-corrected chi connectivity index (χ3v) is 3.99. The molecule has 0 spiro atoms. The number of hydrogen-bond acceptors (Lipinski definition) is 5. The average Bonchev–Trinajstić information content (AvgIpc) is 2.91. The minimum Gasteiger partial charge on any atom is -0.291 e.